The fourth-order valence-corrected chi connectivity index (χ4v) is 1.73. The summed E-state index contributed by atoms with van der Waals surface area (Å²) in [5.74, 6) is -0.0812. The van der Waals surface area contributed by atoms with E-state index in [1.807, 2.05) is 6.92 Å². The zero-order chi connectivity index (χ0) is 15.4. The lowest BCUT2D eigenvalue weighted by molar-refractivity contribution is -0.117. The minimum absolute atomic E-state index is 0.000937. The highest BCUT2D eigenvalue weighted by Gasteiger charge is 2.12. The van der Waals surface area contributed by atoms with Gasteiger partial charge in [-0.1, -0.05) is 12.1 Å². The van der Waals surface area contributed by atoms with Crippen molar-refractivity contribution in [2.45, 2.75) is 33.7 Å². The fourth-order valence-electron chi connectivity index (χ4n) is 1.73. The molecule has 0 bridgehead atoms. The highest BCUT2D eigenvalue weighted by Crippen LogP contribution is 2.15. The van der Waals surface area contributed by atoms with Crippen LogP contribution in [0.25, 0.3) is 0 Å². The summed E-state index contributed by atoms with van der Waals surface area (Å²) in [5.41, 5.74) is 2.17. The van der Waals surface area contributed by atoms with Crippen LogP contribution in [0.15, 0.2) is 6.20 Å². The van der Waals surface area contributed by atoms with Crippen molar-refractivity contribution in [1.29, 1.82) is 0 Å². The number of rotatable bonds is 5. The first-order valence-corrected chi connectivity index (χ1v) is 6.51. The van der Waals surface area contributed by atoms with Crippen molar-refractivity contribution in [1.82, 2.24) is 25.2 Å². The molecule has 21 heavy (non-hydrogen) atoms. The maximum atomic E-state index is 11.9. The minimum atomic E-state index is -0.249. The maximum Gasteiger partial charge on any atom is 0.246 e. The smallest absolute Gasteiger partial charge is 0.246 e. The Balaban J connectivity index is 1.96. The molecule has 9 nitrogen and oxygen atoms in total. The third-order valence-electron chi connectivity index (χ3n) is 2.83. The summed E-state index contributed by atoms with van der Waals surface area (Å²) in [6.07, 6.45) is 1.86. The summed E-state index contributed by atoms with van der Waals surface area (Å²) >= 11 is 0. The van der Waals surface area contributed by atoms with Crippen LogP contribution < -0.4 is 10.6 Å². The Bertz CT molecular complexity index is 639. The van der Waals surface area contributed by atoms with Crippen LogP contribution in [0.4, 0.5) is 11.5 Å². The Morgan fingerprint density at radius 1 is 1.29 bits per heavy atom. The van der Waals surface area contributed by atoms with Crippen LogP contribution >= 0.6 is 0 Å². The van der Waals surface area contributed by atoms with Gasteiger partial charge in [-0.15, -0.1) is 5.10 Å². The third kappa shape index (κ3) is 3.65. The van der Waals surface area contributed by atoms with E-state index in [2.05, 4.69) is 31.1 Å². The van der Waals surface area contributed by atoms with Gasteiger partial charge in [0.25, 0.3) is 0 Å². The summed E-state index contributed by atoms with van der Waals surface area (Å²) in [6.45, 7) is 5.36. The molecule has 2 amide bonds. The summed E-state index contributed by atoms with van der Waals surface area (Å²) in [4.78, 5) is 23.2. The number of hydrogen-bond acceptors (Lipinski definition) is 5. The number of carbonyl (C=O) groups is 2. The van der Waals surface area contributed by atoms with Gasteiger partial charge in [0.15, 0.2) is 5.82 Å². The Kier molecular flexibility index (Phi) is 4.31. The first kappa shape index (κ1) is 14.7. The molecular weight excluding hydrogens is 274 g/mol. The third-order valence-corrected chi connectivity index (χ3v) is 2.83. The van der Waals surface area contributed by atoms with Gasteiger partial charge in [-0.3, -0.25) is 14.7 Å². The standard InChI is InChI=1S/C12H17N7O2/c1-4-10(20)13-9-5-19(18-17-9)6-11(21)14-12-7(2)15-16-8(12)3/h5H,4,6H2,1-3H3,(H,13,20)(H,14,21)(H,15,16). The lowest BCUT2D eigenvalue weighted by Crippen LogP contribution is -2.19. The van der Waals surface area contributed by atoms with Gasteiger partial charge in [-0.05, 0) is 13.8 Å². The van der Waals surface area contributed by atoms with Crippen LogP contribution in [0, 0.1) is 13.8 Å². The zero-order valence-corrected chi connectivity index (χ0v) is 12.1. The van der Waals surface area contributed by atoms with E-state index in [0.717, 1.165) is 11.4 Å². The van der Waals surface area contributed by atoms with Crippen molar-refractivity contribution < 1.29 is 9.59 Å². The second kappa shape index (κ2) is 6.16. The molecule has 0 aromatic carbocycles. The molecule has 3 N–H and O–H groups in total. The predicted octanol–water partition coefficient (Wildman–Crippen LogP) is 0.605. The van der Waals surface area contributed by atoms with E-state index in [0.29, 0.717) is 17.9 Å². The zero-order valence-electron chi connectivity index (χ0n) is 12.1. The molecule has 0 fully saturated rings. The van der Waals surface area contributed by atoms with E-state index in [-0.39, 0.29) is 18.4 Å². The second-order valence-corrected chi connectivity index (χ2v) is 4.56. The first-order valence-electron chi connectivity index (χ1n) is 6.51. The number of hydrogen-bond donors (Lipinski definition) is 3. The van der Waals surface area contributed by atoms with Crippen molar-refractivity contribution in [3.63, 3.8) is 0 Å². The van der Waals surface area contributed by atoms with Crippen LogP contribution in [-0.2, 0) is 16.1 Å². The molecule has 2 aromatic rings. The maximum absolute atomic E-state index is 11.9. The number of aromatic amines is 1. The van der Waals surface area contributed by atoms with Crippen LogP contribution in [0.2, 0.25) is 0 Å². The highest BCUT2D eigenvalue weighted by molar-refractivity contribution is 5.92. The molecule has 0 radical (unpaired) electrons. The number of nitrogens with one attached hydrogen (secondary N) is 3. The van der Waals surface area contributed by atoms with E-state index < -0.39 is 0 Å². The molecule has 0 aliphatic carbocycles. The number of H-pyrrole nitrogens is 1. The van der Waals surface area contributed by atoms with Crippen LogP contribution in [-0.4, -0.2) is 37.0 Å². The van der Waals surface area contributed by atoms with Crippen molar-refractivity contribution in [2.24, 2.45) is 0 Å². The highest BCUT2D eigenvalue weighted by atomic mass is 16.2. The number of anilines is 2. The van der Waals surface area contributed by atoms with Gasteiger partial charge in [-0.25, -0.2) is 4.68 Å². The van der Waals surface area contributed by atoms with Crippen molar-refractivity contribution in [3.05, 3.63) is 17.6 Å². The second-order valence-electron chi connectivity index (χ2n) is 4.56. The van der Waals surface area contributed by atoms with E-state index in [4.69, 9.17) is 0 Å². The van der Waals surface area contributed by atoms with Crippen molar-refractivity contribution in [3.8, 4) is 0 Å². The van der Waals surface area contributed by atoms with E-state index in [9.17, 15) is 9.59 Å². The molecule has 0 atom stereocenters. The summed E-state index contributed by atoms with van der Waals surface area (Å²) in [7, 11) is 0. The molecule has 0 saturated heterocycles. The van der Waals surface area contributed by atoms with Gasteiger partial charge in [-0.2, -0.15) is 5.10 Å². The van der Waals surface area contributed by atoms with Gasteiger partial charge in [0.2, 0.25) is 11.8 Å². The number of carbonyl (C=O) groups excluding carboxylic acids is 2. The molecule has 2 rings (SSSR count). The topological polar surface area (TPSA) is 118 Å². The summed E-state index contributed by atoms with van der Waals surface area (Å²) in [6, 6.07) is 0. The summed E-state index contributed by atoms with van der Waals surface area (Å²) < 4.78 is 1.35. The molecule has 0 aliphatic rings. The van der Waals surface area contributed by atoms with Crippen LogP contribution in [0.1, 0.15) is 24.7 Å². The Morgan fingerprint density at radius 2 is 2.05 bits per heavy atom. The fraction of sp³-hybridized carbons (Fsp3) is 0.417. The molecule has 0 aliphatic heterocycles. The number of nitrogens with zero attached hydrogens (tertiary/aromatic N) is 4. The average Bonchev–Trinajstić information content (AvgIpc) is 3.00. The minimum Gasteiger partial charge on any atom is -0.321 e. The Labute approximate surface area is 121 Å². The van der Waals surface area contributed by atoms with Gasteiger partial charge >= 0.3 is 0 Å². The lowest BCUT2D eigenvalue weighted by atomic mass is 10.3. The normalized spacial score (nSPS) is 10.4. The SMILES string of the molecule is CCC(=O)Nc1cn(CC(=O)Nc2c(C)n[nH]c2C)nn1. The largest absolute Gasteiger partial charge is 0.321 e. The van der Waals surface area contributed by atoms with Crippen LogP contribution in [0.5, 0.6) is 0 Å². The molecule has 9 heteroatoms. The molecule has 0 saturated carbocycles. The number of aromatic nitrogens is 5. The number of aryl methyl sites for hydroxylation is 2. The lowest BCUT2D eigenvalue weighted by Gasteiger charge is -2.04. The first-order chi connectivity index (χ1) is 9.99. The van der Waals surface area contributed by atoms with Gasteiger partial charge in [0, 0.05) is 6.42 Å². The molecule has 0 unspecified atom stereocenters. The van der Waals surface area contributed by atoms with E-state index in [1.165, 1.54) is 10.9 Å². The Hall–Kier alpha value is -2.71. The number of amides is 2. The molecule has 112 valence electrons. The molecular formula is C12H17N7O2. The Morgan fingerprint density at radius 3 is 2.67 bits per heavy atom. The monoisotopic (exact) mass is 291 g/mol. The van der Waals surface area contributed by atoms with Gasteiger partial charge in [0.1, 0.15) is 6.54 Å². The van der Waals surface area contributed by atoms with Gasteiger partial charge in [0.05, 0.1) is 23.3 Å². The average molecular weight is 291 g/mol. The molecule has 2 heterocycles. The van der Waals surface area contributed by atoms with Gasteiger partial charge < -0.3 is 10.6 Å². The quantitative estimate of drug-likeness (QED) is 0.745. The predicted molar refractivity (Wildman–Crippen MR) is 75.6 cm³/mol. The summed E-state index contributed by atoms with van der Waals surface area (Å²) in [5, 5.41) is 19.7. The van der Waals surface area contributed by atoms with E-state index >= 15 is 0 Å². The molecule has 0 spiro atoms. The van der Waals surface area contributed by atoms with Crippen molar-refractivity contribution in [2.75, 3.05) is 10.6 Å². The van der Waals surface area contributed by atoms with Crippen LogP contribution in [0.3, 0.4) is 0 Å². The van der Waals surface area contributed by atoms with Crippen molar-refractivity contribution >= 4 is 23.3 Å². The van der Waals surface area contributed by atoms with E-state index in [1.54, 1.807) is 13.8 Å². The molecule has 2 aromatic heterocycles.